The second-order valence-electron chi connectivity index (χ2n) is 8.61. The Hall–Kier alpha value is -2.67. The fourth-order valence-electron chi connectivity index (χ4n) is 4.83. The monoisotopic (exact) mass is 532 g/mol. The molecule has 1 N–H and O–H groups in total. The molecule has 2 aliphatic rings. The lowest BCUT2D eigenvalue weighted by molar-refractivity contribution is -0.138. The van der Waals surface area contributed by atoms with Crippen LogP contribution in [0.15, 0.2) is 46.9 Å². The van der Waals surface area contributed by atoms with E-state index in [1.54, 1.807) is 11.3 Å². The van der Waals surface area contributed by atoms with Crippen molar-refractivity contribution in [1.29, 1.82) is 0 Å². The second kappa shape index (κ2) is 9.41. The molecule has 12 heteroatoms. The van der Waals surface area contributed by atoms with Crippen molar-refractivity contribution in [1.82, 2.24) is 19.5 Å². The van der Waals surface area contributed by atoms with Crippen molar-refractivity contribution in [2.24, 2.45) is 0 Å². The number of fused-ring (bicyclic) bond motifs is 2. The van der Waals surface area contributed by atoms with Crippen molar-refractivity contribution < 1.29 is 22.8 Å². The number of nitrogens with zero attached hydrogens (tertiary/aromatic N) is 3. The molecule has 5 heterocycles. The van der Waals surface area contributed by atoms with Gasteiger partial charge >= 0.3 is 0 Å². The third-order valence-corrected chi connectivity index (χ3v) is 10.4. The summed E-state index contributed by atoms with van der Waals surface area (Å²) in [6, 6.07) is 4.49. The van der Waals surface area contributed by atoms with E-state index in [-0.39, 0.29) is 35.6 Å². The van der Waals surface area contributed by atoms with Gasteiger partial charge in [0.25, 0.3) is 5.91 Å². The van der Waals surface area contributed by atoms with Crippen molar-refractivity contribution in [3.05, 3.63) is 46.9 Å². The number of rotatable bonds is 7. The van der Waals surface area contributed by atoms with Crippen LogP contribution in [-0.2, 0) is 19.6 Å². The van der Waals surface area contributed by atoms with Gasteiger partial charge in [0.1, 0.15) is 17.0 Å². The maximum Gasteiger partial charge on any atom is 0.262 e. The molecule has 2 saturated heterocycles. The molecule has 0 bridgehead atoms. The van der Waals surface area contributed by atoms with Crippen molar-refractivity contribution in [2.75, 3.05) is 13.1 Å². The van der Waals surface area contributed by atoms with Gasteiger partial charge < -0.3 is 10.2 Å². The van der Waals surface area contributed by atoms with Crippen LogP contribution in [0.3, 0.4) is 0 Å². The molecule has 2 amide bonds. The maximum atomic E-state index is 13.5. The number of amides is 2. The lowest BCUT2D eigenvalue weighted by Gasteiger charge is -2.28. The third kappa shape index (κ3) is 4.28. The summed E-state index contributed by atoms with van der Waals surface area (Å²) in [7, 11) is -3.92. The van der Waals surface area contributed by atoms with Gasteiger partial charge in [-0.15, -0.1) is 22.7 Å². The Kier molecular flexibility index (Phi) is 6.47. The highest BCUT2D eigenvalue weighted by Gasteiger charge is 2.54. The molecule has 9 nitrogen and oxygen atoms in total. The predicted octanol–water partition coefficient (Wildman–Crippen LogP) is 2.50. The number of hydrogen-bond acceptors (Lipinski definition) is 8. The standard InChI is InChI=1S/C23H24N4O5S3/c1-2-4-15(25-22(29)20-11-19-18(34-20)7-10-33-19)23(30)26-9-6-16-21(26)17(28)13-27(16)35(31,32)14-5-3-8-24-12-14/h3,5,7-8,10-12,15-16,21H,2,4,6,9,13H2,1H3,(H,25,29). The number of pyridine rings is 1. The van der Waals surface area contributed by atoms with Gasteiger partial charge in [-0.1, -0.05) is 13.3 Å². The first-order chi connectivity index (χ1) is 16.8. The minimum Gasteiger partial charge on any atom is -0.340 e. The first-order valence-electron chi connectivity index (χ1n) is 11.3. The van der Waals surface area contributed by atoms with E-state index >= 15 is 0 Å². The van der Waals surface area contributed by atoms with Crippen LogP contribution in [0.2, 0.25) is 0 Å². The smallest absolute Gasteiger partial charge is 0.262 e. The summed E-state index contributed by atoms with van der Waals surface area (Å²) in [5.74, 6) is -0.979. The Labute approximate surface area is 210 Å². The second-order valence-corrected chi connectivity index (χ2v) is 12.5. The van der Waals surface area contributed by atoms with Gasteiger partial charge in [0.2, 0.25) is 15.9 Å². The Morgan fingerprint density at radius 1 is 1.29 bits per heavy atom. The van der Waals surface area contributed by atoms with Gasteiger partial charge in [0.15, 0.2) is 5.78 Å². The molecule has 0 saturated carbocycles. The van der Waals surface area contributed by atoms with Crippen LogP contribution in [-0.4, -0.2) is 71.4 Å². The maximum absolute atomic E-state index is 13.5. The SMILES string of the molecule is CCCC(NC(=O)c1cc2sccc2s1)C(=O)N1CCC2C1C(=O)CN2S(=O)(=O)c1cccnc1. The molecule has 35 heavy (non-hydrogen) atoms. The number of carbonyl (C=O) groups is 3. The first kappa shape index (κ1) is 24.0. The lowest BCUT2D eigenvalue weighted by atomic mass is 10.1. The number of likely N-dealkylation sites (tertiary alicyclic amines) is 1. The molecule has 0 spiro atoms. The average Bonchev–Trinajstić information content (AvgIpc) is 3.61. The lowest BCUT2D eigenvalue weighted by Crippen LogP contribution is -2.52. The number of sulfonamides is 1. The Morgan fingerprint density at radius 2 is 2.11 bits per heavy atom. The van der Waals surface area contributed by atoms with Gasteiger partial charge in [-0.25, -0.2) is 8.42 Å². The van der Waals surface area contributed by atoms with Crippen molar-refractivity contribution in [3.8, 4) is 0 Å². The highest BCUT2D eigenvalue weighted by molar-refractivity contribution is 7.89. The summed E-state index contributed by atoms with van der Waals surface area (Å²) in [5, 5.41) is 4.82. The van der Waals surface area contributed by atoms with Crippen molar-refractivity contribution in [2.45, 2.75) is 49.2 Å². The van der Waals surface area contributed by atoms with Gasteiger partial charge in [-0.3, -0.25) is 19.4 Å². The summed E-state index contributed by atoms with van der Waals surface area (Å²) < 4.78 is 29.6. The predicted molar refractivity (Wildman–Crippen MR) is 133 cm³/mol. The zero-order valence-electron chi connectivity index (χ0n) is 18.9. The molecule has 3 atom stereocenters. The van der Waals surface area contributed by atoms with E-state index < -0.39 is 28.1 Å². The van der Waals surface area contributed by atoms with Gasteiger partial charge in [-0.05, 0) is 42.5 Å². The molecule has 5 rings (SSSR count). The fourth-order valence-corrected chi connectivity index (χ4v) is 8.43. The number of Topliss-reactive ketones (excluding diaryl/α,β-unsaturated/α-hetero) is 1. The number of hydrogen-bond donors (Lipinski definition) is 1. The van der Waals surface area contributed by atoms with Crippen LogP contribution >= 0.6 is 22.7 Å². The molecule has 3 aromatic heterocycles. The van der Waals surface area contributed by atoms with Crippen LogP contribution in [0.4, 0.5) is 0 Å². The van der Waals surface area contributed by atoms with Crippen LogP contribution in [0.1, 0.15) is 35.9 Å². The van der Waals surface area contributed by atoms with Crippen LogP contribution < -0.4 is 5.32 Å². The third-order valence-electron chi connectivity index (χ3n) is 6.45. The van der Waals surface area contributed by atoms with Crippen LogP contribution in [0.25, 0.3) is 9.40 Å². The number of thiophene rings is 2. The first-order valence-corrected chi connectivity index (χ1v) is 14.5. The van der Waals surface area contributed by atoms with Crippen molar-refractivity contribution >= 4 is 59.7 Å². The fraction of sp³-hybridized carbons (Fsp3) is 0.391. The number of nitrogens with one attached hydrogen (secondary N) is 1. The van der Waals surface area contributed by atoms with E-state index in [2.05, 4.69) is 10.3 Å². The molecule has 0 aromatic carbocycles. The van der Waals surface area contributed by atoms with E-state index in [1.165, 1.54) is 45.1 Å². The molecular weight excluding hydrogens is 508 g/mol. The number of aromatic nitrogens is 1. The topological polar surface area (TPSA) is 117 Å². The zero-order valence-corrected chi connectivity index (χ0v) is 21.4. The number of carbonyl (C=O) groups excluding carboxylic acids is 3. The molecule has 184 valence electrons. The van der Waals surface area contributed by atoms with Crippen molar-refractivity contribution in [3.63, 3.8) is 0 Å². The van der Waals surface area contributed by atoms with E-state index in [4.69, 9.17) is 0 Å². The highest BCUT2D eigenvalue weighted by Crippen LogP contribution is 2.34. The molecule has 0 radical (unpaired) electrons. The van der Waals surface area contributed by atoms with Gasteiger partial charge in [-0.2, -0.15) is 4.31 Å². The Morgan fingerprint density at radius 3 is 2.83 bits per heavy atom. The molecule has 2 fully saturated rings. The molecule has 2 aliphatic heterocycles. The summed E-state index contributed by atoms with van der Waals surface area (Å²) in [6.07, 6.45) is 4.17. The summed E-state index contributed by atoms with van der Waals surface area (Å²) in [5.41, 5.74) is 0. The zero-order chi connectivity index (χ0) is 24.7. The quantitative estimate of drug-likeness (QED) is 0.500. The highest BCUT2D eigenvalue weighted by atomic mass is 32.2. The summed E-state index contributed by atoms with van der Waals surface area (Å²) >= 11 is 2.93. The molecular formula is C23H24N4O5S3. The minimum absolute atomic E-state index is 0.0187. The Bertz CT molecular complexity index is 1360. The van der Waals surface area contributed by atoms with E-state index in [0.717, 1.165) is 9.40 Å². The Balaban J connectivity index is 1.34. The van der Waals surface area contributed by atoms with Gasteiger partial charge in [0.05, 0.1) is 17.5 Å². The van der Waals surface area contributed by atoms with E-state index in [1.807, 2.05) is 24.4 Å². The molecule has 3 unspecified atom stereocenters. The van der Waals surface area contributed by atoms with Crippen LogP contribution in [0, 0.1) is 0 Å². The molecule has 3 aromatic rings. The average molecular weight is 533 g/mol. The minimum atomic E-state index is -3.92. The summed E-state index contributed by atoms with van der Waals surface area (Å²) in [6.45, 7) is 1.89. The van der Waals surface area contributed by atoms with E-state index in [9.17, 15) is 22.8 Å². The van der Waals surface area contributed by atoms with Gasteiger partial charge in [0, 0.05) is 28.3 Å². The normalized spacial score (nSPS) is 21.4. The summed E-state index contributed by atoms with van der Waals surface area (Å²) in [4.78, 5) is 45.3. The largest absolute Gasteiger partial charge is 0.340 e. The molecule has 0 aliphatic carbocycles. The number of ketones is 1. The van der Waals surface area contributed by atoms with E-state index in [0.29, 0.717) is 24.1 Å². The van der Waals surface area contributed by atoms with Crippen LogP contribution in [0.5, 0.6) is 0 Å².